The van der Waals surface area contributed by atoms with Crippen LogP contribution in [0.4, 0.5) is 0 Å². The molecule has 0 bridgehead atoms. The Morgan fingerprint density at radius 2 is 1.86 bits per heavy atom. The lowest BCUT2D eigenvalue weighted by atomic mass is 10.1. The van der Waals surface area contributed by atoms with E-state index in [9.17, 15) is 8.42 Å². The van der Waals surface area contributed by atoms with E-state index in [1.807, 2.05) is 37.3 Å². The van der Waals surface area contributed by atoms with Gasteiger partial charge in [-0.2, -0.15) is 0 Å². The second-order valence-electron chi connectivity index (χ2n) is 5.38. The molecule has 1 saturated heterocycles. The van der Waals surface area contributed by atoms with E-state index in [1.165, 1.54) is 0 Å². The first-order valence-electron chi connectivity index (χ1n) is 7.28. The highest BCUT2D eigenvalue weighted by Gasteiger charge is 2.30. The second kappa shape index (κ2) is 7.35. The molecule has 0 aliphatic carbocycles. The highest BCUT2D eigenvalue weighted by atomic mass is 32.2. The van der Waals surface area contributed by atoms with E-state index in [0.29, 0.717) is 32.6 Å². The van der Waals surface area contributed by atoms with Crippen molar-refractivity contribution in [2.75, 3.05) is 25.5 Å². The van der Waals surface area contributed by atoms with E-state index in [2.05, 4.69) is 4.72 Å². The van der Waals surface area contributed by atoms with Gasteiger partial charge < -0.3 is 9.47 Å². The molecule has 2 rings (SSSR count). The van der Waals surface area contributed by atoms with Crippen LogP contribution in [0.1, 0.15) is 25.3 Å². The van der Waals surface area contributed by atoms with Crippen molar-refractivity contribution in [2.24, 2.45) is 0 Å². The summed E-state index contributed by atoms with van der Waals surface area (Å²) in [5.74, 6) is -0.507. The Hall–Kier alpha value is -0.950. The molecule has 118 valence electrons. The number of benzene rings is 1. The monoisotopic (exact) mass is 313 g/mol. The molecule has 0 radical (unpaired) electrons. The topological polar surface area (TPSA) is 64.6 Å². The molecule has 0 spiro atoms. The number of ether oxygens (including phenoxy) is 2. The molecule has 1 aliphatic rings. The summed E-state index contributed by atoms with van der Waals surface area (Å²) in [6.45, 7) is 3.31. The van der Waals surface area contributed by atoms with Crippen LogP contribution in [0, 0.1) is 0 Å². The molecule has 21 heavy (non-hydrogen) atoms. The van der Waals surface area contributed by atoms with Gasteiger partial charge in [0, 0.05) is 13.0 Å². The van der Waals surface area contributed by atoms with Gasteiger partial charge in [0.15, 0.2) is 5.79 Å². The van der Waals surface area contributed by atoms with Crippen LogP contribution in [0.5, 0.6) is 0 Å². The summed E-state index contributed by atoms with van der Waals surface area (Å²) in [6, 6.07) is 9.90. The number of sulfonamides is 1. The third-order valence-electron chi connectivity index (χ3n) is 3.52. The predicted molar refractivity (Wildman–Crippen MR) is 81.5 cm³/mol. The Kier molecular flexibility index (Phi) is 5.75. The van der Waals surface area contributed by atoms with Gasteiger partial charge in [0.05, 0.1) is 19.0 Å². The van der Waals surface area contributed by atoms with Gasteiger partial charge in [-0.05, 0) is 25.3 Å². The number of rotatable bonds is 8. The van der Waals surface area contributed by atoms with Crippen LogP contribution < -0.4 is 4.72 Å². The average Bonchev–Trinajstić information content (AvgIpc) is 2.86. The minimum Gasteiger partial charge on any atom is -0.348 e. The fraction of sp³-hybridized carbons (Fsp3) is 0.600. The molecule has 1 aliphatic heterocycles. The molecule has 1 fully saturated rings. The molecule has 0 unspecified atom stereocenters. The number of hydrogen-bond acceptors (Lipinski definition) is 4. The average molecular weight is 313 g/mol. The SMILES string of the molecule is CC1(CCNS(=O)(=O)CCCc2ccccc2)OCCO1. The van der Waals surface area contributed by atoms with Gasteiger partial charge in [-0.15, -0.1) is 0 Å². The molecule has 1 heterocycles. The minimum absolute atomic E-state index is 0.139. The van der Waals surface area contributed by atoms with Crippen LogP contribution in [-0.2, 0) is 25.9 Å². The van der Waals surface area contributed by atoms with Crippen molar-refractivity contribution >= 4 is 10.0 Å². The van der Waals surface area contributed by atoms with Gasteiger partial charge in [-0.1, -0.05) is 30.3 Å². The van der Waals surface area contributed by atoms with Crippen LogP contribution in [0.3, 0.4) is 0 Å². The highest BCUT2D eigenvalue weighted by molar-refractivity contribution is 7.89. The van der Waals surface area contributed by atoms with Crippen molar-refractivity contribution in [2.45, 2.75) is 32.0 Å². The van der Waals surface area contributed by atoms with Crippen LogP contribution in [-0.4, -0.2) is 39.7 Å². The molecule has 1 aromatic carbocycles. The van der Waals surface area contributed by atoms with Gasteiger partial charge >= 0.3 is 0 Å². The lowest BCUT2D eigenvalue weighted by Crippen LogP contribution is -2.34. The summed E-state index contributed by atoms with van der Waals surface area (Å²) in [5, 5.41) is 0. The molecule has 0 amide bonds. The van der Waals surface area contributed by atoms with Crippen LogP contribution in [0.15, 0.2) is 30.3 Å². The van der Waals surface area contributed by atoms with Crippen LogP contribution in [0.25, 0.3) is 0 Å². The van der Waals surface area contributed by atoms with E-state index in [-0.39, 0.29) is 5.75 Å². The first kappa shape index (κ1) is 16.4. The van der Waals surface area contributed by atoms with Gasteiger partial charge in [0.25, 0.3) is 0 Å². The molecular formula is C15H23NO4S. The zero-order valence-corrected chi connectivity index (χ0v) is 13.2. The second-order valence-corrected chi connectivity index (χ2v) is 7.31. The minimum atomic E-state index is -3.23. The zero-order chi connectivity index (χ0) is 15.2. The third-order valence-corrected chi connectivity index (χ3v) is 4.99. The van der Waals surface area contributed by atoms with Crippen molar-refractivity contribution in [3.63, 3.8) is 0 Å². The van der Waals surface area contributed by atoms with Crippen molar-refractivity contribution in [1.29, 1.82) is 0 Å². The number of hydrogen-bond donors (Lipinski definition) is 1. The van der Waals surface area contributed by atoms with Crippen molar-refractivity contribution < 1.29 is 17.9 Å². The summed E-state index contributed by atoms with van der Waals surface area (Å²) < 4.78 is 37.3. The maximum Gasteiger partial charge on any atom is 0.211 e. The summed E-state index contributed by atoms with van der Waals surface area (Å²) in [4.78, 5) is 0. The van der Waals surface area contributed by atoms with E-state index in [1.54, 1.807) is 0 Å². The van der Waals surface area contributed by atoms with E-state index < -0.39 is 15.8 Å². The fourth-order valence-corrected chi connectivity index (χ4v) is 3.40. The molecule has 5 nitrogen and oxygen atoms in total. The largest absolute Gasteiger partial charge is 0.348 e. The number of nitrogens with one attached hydrogen (secondary N) is 1. The number of aryl methyl sites for hydroxylation is 1. The molecular weight excluding hydrogens is 290 g/mol. The first-order valence-corrected chi connectivity index (χ1v) is 8.94. The van der Waals surface area contributed by atoms with Crippen LogP contribution >= 0.6 is 0 Å². The fourth-order valence-electron chi connectivity index (χ4n) is 2.32. The molecule has 6 heteroatoms. The van der Waals surface area contributed by atoms with Crippen molar-refractivity contribution in [3.05, 3.63) is 35.9 Å². The van der Waals surface area contributed by atoms with Gasteiger partial charge in [0.2, 0.25) is 10.0 Å². The van der Waals surface area contributed by atoms with Crippen LogP contribution in [0.2, 0.25) is 0 Å². The summed E-state index contributed by atoms with van der Waals surface area (Å²) in [7, 11) is -3.23. The lowest BCUT2D eigenvalue weighted by molar-refractivity contribution is -0.145. The predicted octanol–water partition coefficient (Wildman–Crippen LogP) is 1.69. The van der Waals surface area contributed by atoms with E-state index in [4.69, 9.17) is 9.47 Å². The van der Waals surface area contributed by atoms with Gasteiger partial charge in [-0.3, -0.25) is 0 Å². The molecule has 1 aromatic rings. The summed E-state index contributed by atoms with van der Waals surface area (Å²) in [6.07, 6.45) is 1.90. The highest BCUT2D eigenvalue weighted by Crippen LogP contribution is 2.21. The zero-order valence-electron chi connectivity index (χ0n) is 12.4. The van der Waals surface area contributed by atoms with Gasteiger partial charge in [0.1, 0.15) is 0 Å². The lowest BCUT2D eigenvalue weighted by Gasteiger charge is -2.22. The summed E-state index contributed by atoms with van der Waals surface area (Å²) >= 11 is 0. The first-order chi connectivity index (χ1) is 9.99. The molecule has 1 N–H and O–H groups in total. The Morgan fingerprint density at radius 3 is 2.52 bits per heavy atom. The van der Waals surface area contributed by atoms with Crippen molar-refractivity contribution in [3.8, 4) is 0 Å². The van der Waals surface area contributed by atoms with E-state index >= 15 is 0 Å². The quantitative estimate of drug-likeness (QED) is 0.793. The molecule has 0 atom stereocenters. The Morgan fingerprint density at radius 1 is 1.19 bits per heavy atom. The van der Waals surface area contributed by atoms with Crippen molar-refractivity contribution in [1.82, 2.24) is 4.72 Å². The third kappa shape index (κ3) is 5.74. The van der Waals surface area contributed by atoms with E-state index in [0.717, 1.165) is 12.0 Å². The van der Waals surface area contributed by atoms with Gasteiger partial charge in [-0.25, -0.2) is 13.1 Å². The maximum absolute atomic E-state index is 11.9. The molecule has 0 aromatic heterocycles. The Balaban J connectivity index is 1.67. The Labute approximate surface area is 126 Å². The standard InChI is InChI=1S/C15H23NO4S/c1-15(19-11-12-20-15)9-10-16-21(17,18)13-5-8-14-6-3-2-4-7-14/h2-4,6-7,16H,5,8-13H2,1H3. The summed E-state index contributed by atoms with van der Waals surface area (Å²) in [5.41, 5.74) is 1.16. The molecule has 0 saturated carbocycles. The maximum atomic E-state index is 11.9. The smallest absolute Gasteiger partial charge is 0.211 e. The normalized spacial score (nSPS) is 18.0. The Bertz CT molecular complexity index is 524.